The van der Waals surface area contributed by atoms with Crippen molar-refractivity contribution < 1.29 is 4.79 Å². The fourth-order valence-corrected chi connectivity index (χ4v) is 2.01. The Hall–Kier alpha value is -0.640. The van der Waals surface area contributed by atoms with E-state index in [9.17, 15) is 4.79 Å². The highest BCUT2D eigenvalue weighted by molar-refractivity contribution is 7.80. The molecule has 1 heterocycles. The quantitative estimate of drug-likeness (QED) is 0.732. The smallest absolute Gasteiger partial charge is 0.235 e. The van der Waals surface area contributed by atoms with Crippen molar-refractivity contribution in [3.05, 3.63) is 0 Å². The summed E-state index contributed by atoms with van der Waals surface area (Å²) in [5.74, 6) is 0.0532. The van der Waals surface area contributed by atoms with Gasteiger partial charge >= 0.3 is 0 Å². The number of nitrogens with zero attached hydrogens (tertiary/aromatic N) is 1. The van der Waals surface area contributed by atoms with Gasteiger partial charge in [0.25, 0.3) is 0 Å². The summed E-state index contributed by atoms with van der Waals surface area (Å²) >= 11 is 4.95. The predicted molar refractivity (Wildman–Crippen MR) is 65.6 cm³/mol. The predicted octanol–water partition coefficient (Wildman–Crippen LogP) is 1.70. The highest BCUT2D eigenvalue weighted by Crippen LogP contribution is 2.32. The molecule has 1 aliphatic rings. The van der Waals surface area contributed by atoms with Crippen LogP contribution in [-0.2, 0) is 4.79 Å². The lowest BCUT2D eigenvalue weighted by molar-refractivity contribution is -0.140. The monoisotopic (exact) mass is 228 g/mol. The Morgan fingerprint density at radius 1 is 1.47 bits per heavy atom. The summed E-state index contributed by atoms with van der Waals surface area (Å²) in [6.45, 7) is 8.59. The van der Waals surface area contributed by atoms with E-state index in [0.717, 1.165) is 19.4 Å². The molecule has 0 radical (unpaired) electrons. The van der Waals surface area contributed by atoms with Crippen molar-refractivity contribution in [2.24, 2.45) is 11.1 Å². The molecule has 0 aliphatic carbocycles. The molecule has 0 spiro atoms. The first-order chi connectivity index (χ1) is 6.69. The van der Waals surface area contributed by atoms with Crippen LogP contribution in [0.4, 0.5) is 0 Å². The van der Waals surface area contributed by atoms with Gasteiger partial charge in [0.1, 0.15) is 0 Å². The standard InChI is InChI=1S/C11H20N2OS/c1-10(2)6-5-7-13(10)9(14)11(3,4)8(12)15/h5-7H2,1-4H3,(H2,12,15). The number of likely N-dealkylation sites (tertiary alicyclic amines) is 1. The molecule has 0 saturated carbocycles. The molecule has 0 aromatic heterocycles. The zero-order valence-corrected chi connectivity index (χ0v) is 10.8. The van der Waals surface area contributed by atoms with Gasteiger partial charge in [-0.15, -0.1) is 0 Å². The Morgan fingerprint density at radius 2 is 2.00 bits per heavy atom. The molecular formula is C11H20N2OS. The lowest BCUT2D eigenvalue weighted by Gasteiger charge is -2.37. The van der Waals surface area contributed by atoms with Crippen LogP contribution in [0.25, 0.3) is 0 Å². The second kappa shape index (κ2) is 3.74. The molecule has 3 nitrogen and oxygen atoms in total. The molecular weight excluding hydrogens is 208 g/mol. The van der Waals surface area contributed by atoms with Gasteiger partial charge in [0.2, 0.25) is 5.91 Å². The van der Waals surface area contributed by atoms with Crippen LogP contribution in [0.1, 0.15) is 40.5 Å². The van der Waals surface area contributed by atoms with E-state index in [-0.39, 0.29) is 16.4 Å². The van der Waals surface area contributed by atoms with E-state index in [0.29, 0.717) is 0 Å². The fraction of sp³-hybridized carbons (Fsp3) is 0.818. The molecule has 86 valence electrons. The molecule has 1 fully saturated rings. The highest BCUT2D eigenvalue weighted by Gasteiger charge is 2.42. The maximum absolute atomic E-state index is 12.3. The van der Waals surface area contributed by atoms with Gasteiger partial charge in [-0.1, -0.05) is 12.2 Å². The summed E-state index contributed by atoms with van der Waals surface area (Å²) in [6, 6.07) is 0. The second-order valence-corrected chi connectivity index (χ2v) is 5.80. The first-order valence-corrected chi connectivity index (χ1v) is 5.72. The Labute approximate surface area is 97.0 Å². The molecule has 4 heteroatoms. The third-order valence-electron chi connectivity index (χ3n) is 3.30. The first-order valence-electron chi connectivity index (χ1n) is 5.31. The van der Waals surface area contributed by atoms with Crippen LogP contribution < -0.4 is 5.73 Å². The molecule has 0 aromatic rings. The Bertz CT molecular complexity index is 297. The normalized spacial score (nSPS) is 20.4. The van der Waals surface area contributed by atoms with Crippen LogP contribution in [0, 0.1) is 5.41 Å². The highest BCUT2D eigenvalue weighted by atomic mass is 32.1. The Balaban J connectivity index is 2.90. The van der Waals surface area contributed by atoms with Crippen molar-refractivity contribution in [1.29, 1.82) is 0 Å². The lowest BCUT2D eigenvalue weighted by atomic mass is 9.89. The topological polar surface area (TPSA) is 46.3 Å². The van der Waals surface area contributed by atoms with E-state index in [1.807, 2.05) is 4.90 Å². The van der Waals surface area contributed by atoms with E-state index in [1.54, 1.807) is 13.8 Å². The number of carbonyl (C=O) groups is 1. The van der Waals surface area contributed by atoms with Crippen LogP contribution in [0.3, 0.4) is 0 Å². The van der Waals surface area contributed by atoms with Crippen LogP contribution in [0.15, 0.2) is 0 Å². The lowest BCUT2D eigenvalue weighted by Crippen LogP contribution is -2.52. The minimum atomic E-state index is -0.725. The zero-order chi connectivity index (χ0) is 11.9. The van der Waals surface area contributed by atoms with Gasteiger partial charge in [0.15, 0.2) is 0 Å². The molecule has 1 aliphatic heterocycles. The van der Waals surface area contributed by atoms with Gasteiger partial charge in [0.05, 0.1) is 10.4 Å². The average molecular weight is 228 g/mol. The molecule has 1 amide bonds. The fourth-order valence-electron chi connectivity index (χ4n) is 1.93. The van der Waals surface area contributed by atoms with Crippen molar-refractivity contribution in [3.63, 3.8) is 0 Å². The van der Waals surface area contributed by atoms with E-state index < -0.39 is 5.41 Å². The SMILES string of the molecule is CC(C)(C(=O)N1CCCC1(C)C)C(N)=S. The number of carbonyl (C=O) groups excluding carboxylic acids is 1. The molecule has 0 aromatic carbocycles. The average Bonchev–Trinajstić information content (AvgIpc) is 2.43. The second-order valence-electron chi connectivity index (χ2n) is 5.36. The van der Waals surface area contributed by atoms with Crippen molar-refractivity contribution in [1.82, 2.24) is 4.90 Å². The van der Waals surface area contributed by atoms with Gasteiger partial charge in [-0.05, 0) is 40.5 Å². The van der Waals surface area contributed by atoms with Crippen molar-refractivity contribution in [2.75, 3.05) is 6.54 Å². The molecule has 15 heavy (non-hydrogen) atoms. The van der Waals surface area contributed by atoms with Gasteiger partial charge in [-0.2, -0.15) is 0 Å². The Morgan fingerprint density at radius 3 is 2.33 bits per heavy atom. The molecule has 2 N–H and O–H groups in total. The number of thiocarbonyl (C=S) groups is 1. The third kappa shape index (κ3) is 2.14. The van der Waals surface area contributed by atoms with E-state index in [1.165, 1.54) is 0 Å². The molecule has 0 unspecified atom stereocenters. The molecule has 1 saturated heterocycles. The minimum Gasteiger partial charge on any atom is -0.392 e. The number of amides is 1. The number of hydrogen-bond donors (Lipinski definition) is 1. The summed E-state index contributed by atoms with van der Waals surface area (Å²) in [5.41, 5.74) is 4.83. The number of rotatable bonds is 2. The van der Waals surface area contributed by atoms with Crippen LogP contribution in [0.5, 0.6) is 0 Å². The maximum Gasteiger partial charge on any atom is 0.235 e. The molecule has 1 rings (SSSR count). The van der Waals surface area contributed by atoms with Gasteiger partial charge in [-0.3, -0.25) is 4.79 Å². The number of hydrogen-bond acceptors (Lipinski definition) is 2. The molecule has 0 atom stereocenters. The van der Waals surface area contributed by atoms with Gasteiger partial charge < -0.3 is 10.6 Å². The van der Waals surface area contributed by atoms with Gasteiger partial charge in [0, 0.05) is 12.1 Å². The molecule has 0 bridgehead atoms. The van der Waals surface area contributed by atoms with Crippen LogP contribution in [0.2, 0.25) is 0 Å². The maximum atomic E-state index is 12.3. The van der Waals surface area contributed by atoms with Crippen LogP contribution >= 0.6 is 12.2 Å². The summed E-state index contributed by atoms with van der Waals surface area (Å²) < 4.78 is 0. The first kappa shape index (κ1) is 12.4. The Kier molecular flexibility index (Phi) is 3.10. The van der Waals surface area contributed by atoms with Crippen molar-refractivity contribution in [2.45, 2.75) is 46.1 Å². The third-order valence-corrected chi connectivity index (χ3v) is 3.81. The largest absolute Gasteiger partial charge is 0.392 e. The number of nitrogens with two attached hydrogens (primary N) is 1. The van der Waals surface area contributed by atoms with Gasteiger partial charge in [-0.25, -0.2) is 0 Å². The summed E-state index contributed by atoms with van der Waals surface area (Å²) in [7, 11) is 0. The van der Waals surface area contributed by atoms with Crippen molar-refractivity contribution >= 4 is 23.1 Å². The zero-order valence-electron chi connectivity index (χ0n) is 9.96. The minimum absolute atomic E-state index is 0.0532. The summed E-state index contributed by atoms with van der Waals surface area (Å²) in [4.78, 5) is 14.5. The summed E-state index contributed by atoms with van der Waals surface area (Å²) in [6.07, 6.45) is 2.11. The van der Waals surface area contributed by atoms with Crippen molar-refractivity contribution in [3.8, 4) is 0 Å². The van der Waals surface area contributed by atoms with E-state index in [4.69, 9.17) is 18.0 Å². The summed E-state index contributed by atoms with van der Waals surface area (Å²) in [5, 5.41) is 0. The van der Waals surface area contributed by atoms with Crippen LogP contribution in [-0.4, -0.2) is 27.9 Å². The van der Waals surface area contributed by atoms with E-state index in [2.05, 4.69) is 13.8 Å². The van der Waals surface area contributed by atoms with E-state index >= 15 is 0 Å².